The van der Waals surface area contributed by atoms with Gasteiger partial charge in [0.2, 0.25) is 5.91 Å². The Balaban J connectivity index is 1.44. The van der Waals surface area contributed by atoms with Gasteiger partial charge in [-0.15, -0.1) is 10.2 Å². The monoisotopic (exact) mass is 338 g/mol. The Morgan fingerprint density at radius 2 is 2.28 bits per heavy atom. The van der Waals surface area contributed by atoms with Crippen molar-refractivity contribution in [3.05, 3.63) is 47.2 Å². The number of benzene rings is 1. The van der Waals surface area contributed by atoms with E-state index in [0.717, 1.165) is 54.0 Å². The van der Waals surface area contributed by atoms with Gasteiger partial charge in [0.15, 0.2) is 0 Å². The lowest BCUT2D eigenvalue weighted by Gasteiger charge is -2.24. The van der Waals surface area contributed by atoms with E-state index in [1.54, 1.807) is 6.26 Å². The third kappa shape index (κ3) is 3.04. The normalized spacial score (nSPS) is 16.8. The summed E-state index contributed by atoms with van der Waals surface area (Å²) in [7, 11) is 0. The van der Waals surface area contributed by atoms with Crippen LogP contribution in [0.1, 0.15) is 36.1 Å². The van der Waals surface area contributed by atoms with Crippen molar-refractivity contribution in [1.29, 1.82) is 0 Å². The molecule has 0 fully saturated rings. The van der Waals surface area contributed by atoms with E-state index in [1.807, 2.05) is 19.1 Å². The van der Waals surface area contributed by atoms with Gasteiger partial charge in [-0.2, -0.15) is 0 Å². The Bertz CT molecular complexity index is 925. The van der Waals surface area contributed by atoms with Crippen LogP contribution in [-0.2, 0) is 30.6 Å². The van der Waals surface area contributed by atoms with E-state index in [0.29, 0.717) is 6.42 Å². The summed E-state index contributed by atoms with van der Waals surface area (Å²) in [6.45, 7) is 4.81. The van der Waals surface area contributed by atoms with Crippen LogP contribution in [0.3, 0.4) is 0 Å². The molecule has 25 heavy (non-hydrogen) atoms. The zero-order valence-corrected chi connectivity index (χ0v) is 14.6. The fraction of sp³-hybridized carbons (Fsp3) is 0.421. The average molecular weight is 338 g/mol. The topological polar surface area (TPSA) is 73.0 Å². The minimum absolute atomic E-state index is 0.0291. The van der Waals surface area contributed by atoms with Crippen molar-refractivity contribution in [3.8, 4) is 0 Å². The molecule has 4 rings (SSSR count). The number of nitrogens with one attached hydrogen (secondary N) is 1. The molecule has 1 aliphatic heterocycles. The molecule has 0 saturated heterocycles. The third-order valence-electron chi connectivity index (χ3n) is 4.98. The van der Waals surface area contributed by atoms with Crippen LogP contribution in [-0.4, -0.2) is 26.7 Å². The van der Waals surface area contributed by atoms with E-state index in [-0.39, 0.29) is 11.9 Å². The molecule has 6 nitrogen and oxygen atoms in total. The van der Waals surface area contributed by atoms with Crippen LogP contribution in [0.25, 0.3) is 11.0 Å². The van der Waals surface area contributed by atoms with Crippen molar-refractivity contribution in [3.63, 3.8) is 0 Å². The first-order chi connectivity index (χ1) is 12.1. The molecule has 3 heterocycles. The molecular weight excluding hydrogens is 316 g/mol. The Hall–Kier alpha value is -2.63. The number of aromatic nitrogens is 3. The highest BCUT2D eigenvalue weighted by Crippen LogP contribution is 2.23. The number of carbonyl (C=O) groups excluding carboxylic acids is 1. The van der Waals surface area contributed by atoms with E-state index in [1.165, 1.54) is 5.56 Å². The number of hydrogen-bond donors (Lipinski definition) is 1. The molecule has 1 aromatic carbocycles. The van der Waals surface area contributed by atoms with Crippen LogP contribution in [0.4, 0.5) is 0 Å². The van der Waals surface area contributed by atoms with Gasteiger partial charge in [-0.3, -0.25) is 4.79 Å². The maximum absolute atomic E-state index is 12.5. The van der Waals surface area contributed by atoms with E-state index in [9.17, 15) is 4.79 Å². The van der Waals surface area contributed by atoms with Gasteiger partial charge in [0.1, 0.15) is 17.2 Å². The molecule has 1 amide bonds. The molecular formula is C19H22N4O2. The first-order valence-corrected chi connectivity index (χ1v) is 8.81. The van der Waals surface area contributed by atoms with Crippen LogP contribution in [0, 0.1) is 6.92 Å². The second-order valence-electron chi connectivity index (χ2n) is 6.70. The molecule has 1 atom stereocenters. The molecule has 1 aliphatic rings. The highest BCUT2D eigenvalue weighted by Gasteiger charge is 2.23. The van der Waals surface area contributed by atoms with E-state index in [2.05, 4.69) is 33.1 Å². The lowest BCUT2D eigenvalue weighted by molar-refractivity contribution is -0.121. The van der Waals surface area contributed by atoms with Gasteiger partial charge in [0, 0.05) is 30.0 Å². The van der Waals surface area contributed by atoms with E-state index >= 15 is 0 Å². The summed E-state index contributed by atoms with van der Waals surface area (Å²) in [5.74, 6) is 1.94. The first kappa shape index (κ1) is 15.9. The Morgan fingerprint density at radius 3 is 3.12 bits per heavy atom. The standard InChI is InChI=1S/C19H22N4O2/c1-3-13-4-6-16-14(11-25-17(16)8-13)9-19(24)20-15-5-7-18-22-21-12(2)23(18)10-15/h4,6,8,11,15H,3,5,7,9-10H2,1-2H3,(H,20,24)/t15-/m0/s1. The average Bonchev–Trinajstić information content (AvgIpc) is 3.18. The maximum Gasteiger partial charge on any atom is 0.224 e. The Kier molecular flexibility index (Phi) is 4.03. The SMILES string of the molecule is CCc1ccc2c(CC(=O)N[C@H]3CCc4nnc(C)n4C3)coc2c1. The molecule has 6 heteroatoms. The lowest BCUT2D eigenvalue weighted by atomic mass is 10.0. The van der Waals surface area contributed by atoms with Crippen molar-refractivity contribution in [2.45, 2.75) is 52.1 Å². The number of fused-ring (bicyclic) bond motifs is 2. The predicted molar refractivity (Wildman–Crippen MR) is 94.3 cm³/mol. The van der Waals surface area contributed by atoms with Gasteiger partial charge in [0.25, 0.3) is 0 Å². The Labute approximate surface area is 146 Å². The summed E-state index contributed by atoms with van der Waals surface area (Å²) in [6.07, 6.45) is 4.75. The van der Waals surface area contributed by atoms with Crippen LogP contribution in [0.5, 0.6) is 0 Å². The largest absolute Gasteiger partial charge is 0.464 e. The first-order valence-electron chi connectivity index (χ1n) is 8.81. The van der Waals surface area contributed by atoms with Crippen molar-refractivity contribution in [1.82, 2.24) is 20.1 Å². The quantitative estimate of drug-likeness (QED) is 0.793. The smallest absolute Gasteiger partial charge is 0.224 e. The number of aryl methyl sites for hydroxylation is 3. The molecule has 3 aromatic rings. The van der Waals surface area contributed by atoms with Crippen molar-refractivity contribution >= 4 is 16.9 Å². The lowest BCUT2D eigenvalue weighted by Crippen LogP contribution is -2.41. The number of nitrogens with zero attached hydrogens (tertiary/aromatic N) is 3. The third-order valence-corrected chi connectivity index (χ3v) is 4.98. The number of furan rings is 1. The molecule has 0 spiro atoms. The molecule has 0 saturated carbocycles. The summed E-state index contributed by atoms with van der Waals surface area (Å²) in [4.78, 5) is 12.5. The number of amides is 1. The van der Waals surface area contributed by atoms with Gasteiger partial charge in [-0.1, -0.05) is 19.1 Å². The van der Waals surface area contributed by atoms with Crippen LogP contribution < -0.4 is 5.32 Å². The van der Waals surface area contributed by atoms with Crippen LogP contribution in [0.15, 0.2) is 28.9 Å². The van der Waals surface area contributed by atoms with Crippen molar-refractivity contribution in [2.75, 3.05) is 0 Å². The van der Waals surface area contributed by atoms with E-state index < -0.39 is 0 Å². The summed E-state index contributed by atoms with van der Waals surface area (Å²) >= 11 is 0. The highest BCUT2D eigenvalue weighted by atomic mass is 16.3. The molecule has 0 radical (unpaired) electrons. The summed E-state index contributed by atoms with van der Waals surface area (Å²) in [6, 6.07) is 6.32. The second kappa shape index (κ2) is 6.35. The zero-order valence-electron chi connectivity index (χ0n) is 14.6. The number of rotatable bonds is 4. The van der Waals surface area contributed by atoms with Gasteiger partial charge in [-0.25, -0.2) is 0 Å². The zero-order chi connectivity index (χ0) is 17.4. The van der Waals surface area contributed by atoms with Crippen molar-refractivity contribution in [2.24, 2.45) is 0 Å². The number of carbonyl (C=O) groups is 1. The fourth-order valence-corrected chi connectivity index (χ4v) is 3.52. The predicted octanol–water partition coefficient (Wildman–Crippen LogP) is 2.57. The number of hydrogen-bond acceptors (Lipinski definition) is 4. The summed E-state index contributed by atoms with van der Waals surface area (Å²) < 4.78 is 7.72. The molecule has 0 unspecified atom stereocenters. The molecule has 0 aliphatic carbocycles. The van der Waals surface area contributed by atoms with Crippen LogP contribution in [0.2, 0.25) is 0 Å². The second-order valence-corrected chi connectivity index (χ2v) is 6.70. The summed E-state index contributed by atoms with van der Waals surface area (Å²) in [5.41, 5.74) is 3.02. The minimum atomic E-state index is 0.0291. The highest BCUT2D eigenvalue weighted by molar-refractivity contribution is 5.88. The molecule has 130 valence electrons. The van der Waals surface area contributed by atoms with Gasteiger partial charge in [0.05, 0.1) is 12.7 Å². The summed E-state index contributed by atoms with van der Waals surface area (Å²) in [5, 5.41) is 12.4. The maximum atomic E-state index is 12.5. The molecule has 0 bridgehead atoms. The van der Waals surface area contributed by atoms with Gasteiger partial charge >= 0.3 is 0 Å². The van der Waals surface area contributed by atoms with Gasteiger partial charge in [-0.05, 0) is 31.4 Å². The molecule has 2 aromatic heterocycles. The minimum Gasteiger partial charge on any atom is -0.464 e. The van der Waals surface area contributed by atoms with Gasteiger partial charge < -0.3 is 14.3 Å². The Morgan fingerprint density at radius 1 is 1.40 bits per heavy atom. The van der Waals surface area contributed by atoms with Crippen LogP contribution >= 0.6 is 0 Å². The van der Waals surface area contributed by atoms with Crippen molar-refractivity contribution < 1.29 is 9.21 Å². The molecule has 1 N–H and O–H groups in total. The van der Waals surface area contributed by atoms with E-state index in [4.69, 9.17) is 4.42 Å². The fourth-order valence-electron chi connectivity index (χ4n) is 3.52.